The van der Waals surface area contributed by atoms with Gasteiger partial charge < -0.3 is 4.42 Å². The molecule has 0 N–H and O–H groups in total. The summed E-state index contributed by atoms with van der Waals surface area (Å²) in [6.45, 7) is 2.82. The van der Waals surface area contributed by atoms with Crippen molar-refractivity contribution >= 4 is 23.4 Å². The van der Waals surface area contributed by atoms with Gasteiger partial charge in [-0.2, -0.15) is 0 Å². The summed E-state index contributed by atoms with van der Waals surface area (Å²) >= 11 is 7.58. The zero-order valence-corrected chi connectivity index (χ0v) is 19.5. The molecule has 170 valence electrons. The lowest BCUT2D eigenvalue weighted by Gasteiger charge is -2.26. The Labute approximate surface area is 200 Å². The molecule has 0 radical (unpaired) electrons. The van der Waals surface area contributed by atoms with Gasteiger partial charge in [-0.25, -0.2) is 9.37 Å². The summed E-state index contributed by atoms with van der Waals surface area (Å²) in [6, 6.07) is 13.9. The van der Waals surface area contributed by atoms with E-state index in [4.69, 9.17) is 16.0 Å². The van der Waals surface area contributed by atoms with E-state index < -0.39 is 0 Å². The number of nitrogens with zero attached hydrogens (tertiary/aromatic N) is 5. The summed E-state index contributed by atoms with van der Waals surface area (Å²) in [7, 11) is 0. The molecule has 5 rings (SSSR count). The number of thioether (sulfide) groups is 1. The number of rotatable bonds is 7. The number of hydrogen-bond donors (Lipinski definition) is 0. The first-order chi connectivity index (χ1) is 16.2. The molecule has 9 heteroatoms. The van der Waals surface area contributed by atoms with Crippen LogP contribution in [0.15, 0.2) is 64.3 Å². The maximum Gasteiger partial charge on any atom is 0.205 e. The van der Waals surface area contributed by atoms with Crippen LogP contribution < -0.4 is 0 Å². The molecular weight excluding hydrogens is 461 g/mol. The van der Waals surface area contributed by atoms with Crippen molar-refractivity contribution in [2.24, 2.45) is 0 Å². The molecule has 6 nitrogen and oxygen atoms in total. The van der Waals surface area contributed by atoms with E-state index in [-0.39, 0.29) is 5.82 Å². The number of likely N-dealkylation sites (tertiary alicyclic amines) is 1. The SMILES string of the molecule is Fc1ccc(-n2c(CN3CCCCC3)nnc2SCc2ncc(-c3cccc(Cl)c3)o2)cc1. The molecule has 2 aromatic carbocycles. The van der Waals surface area contributed by atoms with Gasteiger partial charge in [0.2, 0.25) is 5.89 Å². The number of benzene rings is 2. The maximum atomic E-state index is 13.6. The molecule has 1 aliphatic heterocycles. The van der Waals surface area contributed by atoms with E-state index in [0.29, 0.717) is 29.0 Å². The van der Waals surface area contributed by atoms with Gasteiger partial charge in [-0.15, -0.1) is 10.2 Å². The van der Waals surface area contributed by atoms with E-state index >= 15 is 0 Å². The van der Waals surface area contributed by atoms with Gasteiger partial charge in [0.15, 0.2) is 16.7 Å². The van der Waals surface area contributed by atoms with Gasteiger partial charge in [0, 0.05) is 16.3 Å². The third-order valence-corrected chi connectivity index (χ3v) is 6.74. The van der Waals surface area contributed by atoms with E-state index in [1.165, 1.54) is 43.2 Å². The first-order valence-electron chi connectivity index (χ1n) is 10.9. The van der Waals surface area contributed by atoms with Gasteiger partial charge in [-0.3, -0.25) is 9.47 Å². The highest BCUT2D eigenvalue weighted by Gasteiger charge is 2.19. The van der Waals surface area contributed by atoms with Crippen molar-refractivity contribution in [3.05, 3.63) is 77.3 Å². The van der Waals surface area contributed by atoms with Gasteiger partial charge >= 0.3 is 0 Å². The second kappa shape index (κ2) is 10.1. The Hall–Kier alpha value is -2.68. The average molecular weight is 484 g/mol. The number of piperidine rings is 1. The largest absolute Gasteiger partial charge is 0.440 e. The molecular formula is C24H23ClFN5OS. The zero-order chi connectivity index (χ0) is 22.6. The second-order valence-electron chi connectivity index (χ2n) is 7.96. The molecule has 0 amide bonds. The molecule has 0 unspecified atom stereocenters. The van der Waals surface area contributed by atoms with Crippen LogP contribution in [0.4, 0.5) is 4.39 Å². The monoisotopic (exact) mass is 483 g/mol. The molecule has 0 atom stereocenters. The van der Waals surface area contributed by atoms with Crippen LogP contribution in [-0.2, 0) is 12.3 Å². The summed E-state index contributed by atoms with van der Waals surface area (Å²) in [5.41, 5.74) is 1.72. The lowest BCUT2D eigenvalue weighted by molar-refractivity contribution is 0.214. The highest BCUT2D eigenvalue weighted by molar-refractivity contribution is 7.98. The average Bonchev–Trinajstić information content (AvgIpc) is 3.46. The van der Waals surface area contributed by atoms with Crippen molar-refractivity contribution in [3.63, 3.8) is 0 Å². The summed E-state index contributed by atoms with van der Waals surface area (Å²) in [5, 5.41) is 10.3. The van der Waals surface area contributed by atoms with Crippen LogP contribution in [0.1, 0.15) is 31.0 Å². The van der Waals surface area contributed by atoms with Crippen LogP contribution in [0.5, 0.6) is 0 Å². The normalized spacial score (nSPS) is 14.6. The zero-order valence-electron chi connectivity index (χ0n) is 18.0. The van der Waals surface area contributed by atoms with Crippen LogP contribution in [-0.4, -0.2) is 37.7 Å². The van der Waals surface area contributed by atoms with Crippen LogP contribution >= 0.6 is 23.4 Å². The molecule has 2 aromatic heterocycles. The van der Waals surface area contributed by atoms with Gasteiger partial charge in [0.05, 0.1) is 18.5 Å². The van der Waals surface area contributed by atoms with Crippen LogP contribution in [0.2, 0.25) is 5.02 Å². The molecule has 0 saturated carbocycles. The maximum absolute atomic E-state index is 13.6. The molecule has 0 bridgehead atoms. The Bertz CT molecular complexity index is 1220. The van der Waals surface area contributed by atoms with Crippen molar-refractivity contribution < 1.29 is 8.81 Å². The quantitative estimate of drug-likeness (QED) is 0.301. The minimum atomic E-state index is -0.271. The van der Waals surface area contributed by atoms with Gasteiger partial charge in [0.1, 0.15) is 5.82 Å². The fourth-order valence-corrected chi connectivity index (χ4v) is 4.96. The van der Waals surface area contributed by atoms with Gasteiger partial charge in [0.25, 0.3) is 0 Å². The Morgan fingerprint density at radius 1 is 1.03 bits per heavy atom. The molecule has 4 aromatic rings. The highest BCUT2D eigenvalue weighted by atomic mass is 35.5. The van der Waals surface area contributed by atoms with E-state index in [1.807, 2.05) is 28.8 Å². The van der Waals surface area contributed by atoms with E-state index in [9.17, 15) is 4.39 Å². The van der Waals surface area contributed by atoms with Crippen LogP contribution in [0, 0.1) is 5.82 Å². The van der Waals surface area contributed by atoms with Crippen LogP contribution in [0.3, 0.4) is 0 Å². The Kier molecular flexibility index (Phi) is 6.75. The fourth-order valence-electron chi connectivity index (χ4n) is 3.94. The summed E-state index contributed by atoms with van der Waals surface area (Å²) in [5.74, 6) is 2.31. The number of hydrogen-bond acceptors (Lipinski definition) is 6. The standard InChI is InChI=1S/C24H23ClFN5OS/c25-18-6-4-5-17(13-18)21-14-27-23(32-21)16-33-24-29-28-22(15-30-11-2-1-3-12-30)31(24)20-9-7-19(26)8-10-20/h4-10,13-14H,1-3,11-12,15-16H2. The van der Waals surface area contributed by atoms with E-state index in [1.54, 1.807) is 18.3 Å². The smallest absolute Gasteiger partial charge is 0.205 e. The molecule has 0 spiro atoms. The summed E-state index contributed by atoms with van der Waals surface area (Å²) in [4.78, 5) is 6.80. The van der Waals surface area contributed by atoms with Gasteiger partial charge in [-0.1, -0.05) is 41.9 Å². The highest BCUT2D eigenvalue weighted by Crippen LogP contribution is 2.29. The predicted octanol–water partition coefficient (Wildman–Crippen LogP) is 5.99. The topological polar surface area (TPSA) is 60.0 Å². The first-order valence-corrected chi connectivity index (χ1v) is 12.3. The van der Waals surface area contributed by atoms with Crippen molar-refractivity contribution in [2.75, 3.05) is 13.1 Å². The lowest BCUT2D eigenvalue weighted by atomic mass is 10.1. The third-order valence-electron chi connectivity index (χ3n) is 5.59. The molecule has 1 aliphatic rings. The molecule has 0 aliphatic carbocycles. The minimum absolute atomic E-state index is 0.271. The fraction of sp³-hybridized carbons (Fsp3) is 0.292. The molecule has 33 heavy (non-hydrogen) atoms. The Morgan fingerprint density at radius 2 is 1.85 bits per heavy atom. The van der Waals surface area contributed by atoms with Crippen molar-refractivity contribution in [2.45, 2.75) is 36.7 Å². The van der Waals surface area contributed by atoms with Crippen molar-refractivity contribution in [1.82, 2.24) is 24.6 Å². The predicted molar refractivity (Wildman–Crippen MR) is 127 cm³/mol. The van der Waals surface area contributed by atoms with Crippen molar-refractivity contribution in [1.29, 1.82) is 0 Å². The molecule has 3 heterocycles. The lowest BCUT2D eigenvalue weighted by Crippen LogP contribution is -2.30. The number of halogens is 2. The number of aromatic nitrogens is 4. The molecule has 1 fully saturated rings. The van der Waals surface area contributed by atoms with E-state index in [0.717, 1.165) is 35.3 Å². The summed E-state index contributed by atoms with van der Waals surface area (Å²) < 4.78 is 21.5. The van der Waals surface area contributed by atoms with E-state index in [2.05, 4.69) is 20.1 Å². The number of oxazole rings is 1. The van der Waals surface area contributed by atoms with Gasteiger partial charge in [-0.05, 0) is 62.3 Å². The summed E-state index contributed by atoms with van der Waals surface area (Å²) in [6.07, 6.45) is 5.38. The van der Waals surface area contributed by atoms with Crippen molar-refractivity contribution in [3.8, 4) is 17.0 Å². The molecule has 1 saturated heterocycles. The third kappa shape index (κ3) is 5.29. The Morgan fingerprint density at radius 3 is 2.64 bits per heavy atom. The minimum Gasteiger partial charge on any atom is -0.440 e. The first kappa shape index (κ1) is 22.1. The van der Waals surface area contributed by atoms with Crippen LogP contribution in [0.25, 0.3) is 17.0 Å². The Balaban J connectivity index is 1.37. The second-order valence-corrected chi connectivity index (χ2v) is 9.34.